The second-order valence-electron chi connectivity index (χ2n) is 17.0. The largest absolute Gasteiger partial charge is 0.508 e. The molecule has 1 aliphatic carbocycles. The molecule has 10 nitrogen and oxygen atoms in total. The van der Waals surface area contributed by atoms with Crippen LogP contribution in [0, 0.1) is 5.41 Å². The van der Waals surface area contributed by atoms with Gasteiger partial charge >= 0.3 is 0 Å². The summed E-state index contributed by atoms with van der Waals surface area (Å²) in [5.74, 6) is -0.849. The van der Waals surface area contributed by atoms with E-state index in [0.29, 0.717) is 28.2 Å². The number of fused-ring (bicyclic) bond motifs is 3. The number of aromatic hydroxyl groups is 1. The normalized spacial score (nSPS) is 24.5. The van der Waals surface area contributed by atoms with Crippen LogP contribution in [0.1, 0.15) is 98.0 Å². The third-order valence-electron chi connectivity index (χ3n) is 13.7. The van der Waals surface area contributed by atoms with E-state index in [0.717, 1.165) is 81.2 Å². The summed E-state index contributed by atoms with van der Waals surface area (Å²) >= 11 is 0. The number of hydrogen-bond donors (Lipinski definition) is 2. The number of imide groups is 2. The highest BCUT2D eigenvalue weighted by Crippen LogP contribution is 2.48. The maximum Gasteiger partial charge on any atom is 0.262 e. The second-order valence-corrected chi connectivity index (χ2v) is 17.0. The van der Waals surface area contributed by atoms with Gasteiger partial charge in [-0.25, -0.2) is 0 Å². The van der Waals surface area contributed by atoms with Crippen LogP contribution >= 0.6 is 0 Å². The van der Waals surface area contributed by atoms with Gasteiger partial charge in [0.25, 0.3) is 11.8 Å². The number of rotatable bonds is 7. The maximum absolute atomic E-state index is 13.3. The Kier molecular flexibility index (Phi) is 8.60. The molecular formula is C46H47N5O5. The summed E-state index contributed by atoms with van der Waals surface area (Å²) in [5, 5.41) is 12.5. The second kappa shape index (κ2) is 13.7. The lowest BCUT2D eigenvalue weighted by Crippen LogP contribution is -2.60. The van der Waals surface area contributed by atoms with Gasteiger partial charge in [0.1, 0.15) is 11.8 Å². The van der Waals surface area contributed by atoms with Crippen molar-refractivity contribution in [2.24, 2.45) is 5.41 Å². The zero-order valence-electron chi connectivity index (χ0n) is 31.6. The third-order valence-corrected chi connectivity index (χ3v) is 13.7. The molecule has 3 atom stereocenters. The Bertz CT molecular complexity index is 2190. The number of phenols is 1. The topological polar surface area (TPSA) is 114 Å². The number of carbonyl (C=O) groups is 4. The van der Waals surface area contributed by atoms with Crippen LogP contribution in [0.25, 0.3) is 0 Å². The van der Waals surface area contributed by atoms with E-state index in [1.165, 1.54) is 40.8 Å². The Labute approximate surface area is 327 Å². The first kappa shape index (κ1) is 35.1. The van der Waals surface area contributed by atoms with Gasteiger partial charge in [-0.05, 0) is 121 Å². The van der Waals surface area contributed by atoms with E-state index in [1.54, 1.807) is 0 Å². The molecule has 5 aliphatic heterocycles. The lowest BCUT2D eigenvalue weighted by molar-refractivity contribution is -0.136. The van der Waals surface area contributed by atoms with Gasteiger partial charge in [-0.2, -0.15) is 0 Å². The Morgan fingerprint density at radius 1 is 0.696 bits per heavy atom. The van der Waals surface area contributed by atoms with Crippen molar-refractivity contribution >= 4 is 29.3 Å². The van der Waals surface area contributed by atoms with E-state index in [4.69, 9.17) is 0 Å². The minimum atomic E-state index is -0.943. The number of amides is 4. The van der Waals surface area contributed by atoms with Crippen LogP contribution in [0.2, 0.25) is 0 Å². The molecular weight excluding hydrogens is 703 g/mol. The van der Waals surface area contributed by atoms with E-state index in [-0.39, 0.29) is 24.7 Å². The fourth-order valence-electron chi connectivity index (χ4n) is 10.6. The van der Waals surface area contributed by atoms with Crippen LogP contribution in [0.5, 0.6) is 5.75 Å². The molecule has 1 spiro atoms. The van der Waals surface area contributed by atoms with E-state index in [2.05, 4.69) is 80.7 Å². The molecule has 0 radical (unpaired) electrons. The van der Waals surface area contributed by atoms with Gasteiger partial charge in [0.2, 0.25) is 11.8 Å². The standard InChI is InChI=1S/C46H47N5O5/c52-35-11-13-37-31(22-35)8-12-36(29-4-2-1-3-5-29)42(37)30-6-9-34(10-7-30)50-27-46(28-50)16-18-48(19-17-46)20-21-49-25-32-23-38-39(24-33(32)26-49)45(56)51(44(38)55)40-14-15-41(53)47-43(40)54/h1-7,9-11,13,22-24,36,40,42,52H,8,12,14-21,25-28H2,(H,47,53,54)/t36-,40-,42+/m1/s1. The molecule has 10 heteroatoms. The van der Waals surface area contributed by atoms with Crippen molar-refractivity contribution in [3.8, 4) is 5.75 Å². The molecule has 10 rings (SSSR count). The summed E-state index contributed by atoms with van der Waals surface area (Å²) in [5.41, 5.74) is 9.83. The molecule has 4 amide bonds. The molecule has 0 unspecified atom stereocenters. The molecule has 6 aliphatic rings. The Balaban J connectivity index is 0.725. The number of carbonyl (C=O) groups excluding carboxylic acids is 4. The smallest absolute Gasteiger partial charge is 0.262 e. The molecule has 0 saturated carbocycles. The van der Waals surface area contributed by atoms with Crippen LogP contribution in [0.4, 0.5) is 5.69 Å². The predicted molar refractivity (Wildman–Crippen MR) is 211 cm³/mol. The zero-order chi connectivity index (χ0) is 38.1. The van der Waals surface area contributed by atoms with Crippen LogP contribution < -0.4 is 10.2 Å². The van der Waals surface area contributed by atoms with E-state index >= 15 is 0 Å². The number of nitrogens with zero attached hydrogens (tertiary/aromatic N) is 4. The fourth-order valence-corrected chi connectivity index (χ4v) is 10.6. The van der Waals surface area contributed by atoms with Crippen molar-refractivity contribution in [2.45, 2.75) is 69.5 Å². The number of piperidine rings is 2. The highest BCUT2D eigenvalue weighted by atomic mass is 16.3. The molecule has 5 heterocycles. The van der Waals surface area contributed by atoms with E-state index < -0.39 is 23.8 Å². The van der Waals surface area contributed by atoms with Crippen LogP contribution in [-0.2, 0) is 29.1 Å². The number of likely N-dealkylation sites (tertiary alicyclic amines) is 1. The Morgan fingerprint density at radius 2 is 1.38 bits per heavy atom. The lowest BCUT2D eigenvalue weighted by atomic mass is 9.69. The minimum Gasteiger partial charge on any atom is -0.508 e. The number of hydrogen-bond acceptors (Lipinski definition) is 8. The minimum absolute atomic E-state index is 0.113. The fraction of sp³-hybridized carbons (Fsp3) is 0.391. The Hall–Kier alpha value is -5.32. The number of benzene rings is 4. The first-order chi connectivity index (χ1) is 27.2. The quantitative estimate of drug-likeness (QED) is 0.236. The van der Waals surface area contributed by atoms with Crippen LogP contribution in [0.3, 0.4) is 0 Å². The number of aryl methyl sites for hydroxylation is 1. The zero-order valence-corrected chi connectivity index (χ0v) is 31.6. The first-order valence-corrected chi connectivity index (χ1v) is 20.3. The van der Waals surface area contributed by atoms with Crippen molar-refractivity contribution in [2.75, 3.05) is 44.2 Å². The first-order valence-electron chi connectivity index (χ1n) is 20.3. The summed E-state index contributed by atoms with van der Waals surface area (Å²) in [6.07, 6.45) is 4.71. The number of phenolic OH excluding ortho intramolecular Hbond substituents is 1. The highest BCUT2D eigenvalue weighted by Gasteiger charge is 2.47. The summed E-state index contributed by atoms with van der Waals surface area (Å²) < 4.78 is 0. The SMILES string of the molecule is O=C1CC[C@@H](N2C(=O)c3cc4c(cc3C2=O)CN(CCN2CCC3(CC2)CN(c2ccc([C@@H]5c6ccc(O)cc6CC[C@@H]5c5ccccc5)cc2)C3)C4)C(=O)N1. The lowest BCUT2D eigenvalue weighted by Gasteiger charge is -2.55. The van der Waals surface area contributed by atoms with E-state index in [1.807, 2.05) is 24.3 Å². The van der Waals surface area contributed by atoms with Crippen molar-refractivity contribution in [3.05, 3.63) is 129 Å². The maximum atomic E-state index is 13.3. The van der Waals surface area contributed by atoms with Gasteiger partial charge in [0.05, 0.1) is 11.1 Å². The molecule has 2 N–H and O–H groups in total. The predicted octanol–water partition coefficient (Wildman–Crippen LogP) is 5.57. The summed E-state index contributed by atoms with van der Waals surface area (Å²) in [6.45, 7) is 7.77. The highest BCUT2D eigenvalue weighted by molar-refractivity contribution is 6.23. The van der Waals surface area contributed by atoms with Gasteiger partial charge in [-0.3, -0.25) is 34.3 Å². The summed E-state index contributed by atoms with van der Waals surface area (Å²) in [6, 6.07) is 28.9. The van der Waals surface area contributed by atoms with Gasteiger partial charge in [-0.1, -0.05) is 48.5 Å². The third kappa shape index (κ3) is 6.10. The van der Waals surface area contributed by atoms with Crippen molar-refractivity contribution in [1.29, 1.82) is 0 Å². The molecule has 0 bridgehead atoms. The van der Waals surface area contributed by atoms with Crippen molar-refractivity contribution in [1.82, 2.24) is 20.0 Å². The number of anilines is 1. The molecule has 286 valence electrons. The van der Waals surface area contributed by atoms with Gasteiger partial charge in [0, 0.05) is 62.7 Å². The molecule has 3 saturated heterocycles. The monoisotopic (exact) mass is 749 g/mol. The Morgan fingerprint density at radius 3 is 2.05 bits per heavy atom. The van der Waals surface area contributed by atoms with Crippen molar-refractivity contribution < 1.29 is 24.3 Å². The van der Waals surface area contributed by atoms with Gasteiger partial charge in [-0.15, -0.1) is 0 Å². The summed E-state index contributed by atoms with van der Waals surface area (Å²) in [7, 11) is 0. The van der Waals surface area contributed by atoms with Gasteiger partial charge in [0.15, 0.2) is 0 Å². The average molecular weight is 750 g/mol. The molecule has 4 aromatic carbocycles. The van der Waals surface area contributed by atoms with Gasteiger partial charge < -0.3 is 14.9 Å². The average Bonchev–Trinajstić information content (AvgIpc) is 3.71. The molecule has 4 aromatic rings. The molecule has 0 aromatic heterocycles. The van der Waals surface area contributed by atoms with Crippen molar-refractivity contribution in [3.63, 3.8) is 0 Å². The molecule has 56 heavy (non-hydrogen) atoms. The van der Waals surface area contributed by atoms with Crippen LogP contribution in [-0.4, -0.2) is 88.7 Å². The van der Waals surface area contributed by atoms with E-state index in [9.17, 15) is 24.3 Å². The van der Waals surface area contributed by atoms with Crippen LogP contribution in [0.15, 0.2) is 84.9 Å². The number of nitrogens with one attached hydrogen (secondary N) is 1. The summed E-state index contributed by atoms with van der Waals surface area (Å²) in [4.78, 5) is 59.3. The molecule has 3 fully saturated rings.